The Morgan fingerprint density at radius 3 is 2.28 bits per heavy atom. The van der Waals surface area contributed by atoms with Gasteiger partial charge in [0.2, 0.25) is 11.8 Å². The average molecular weight is 352 g/mol. The Morgan fingerprint density at radius 1 is 1.12 bits per heavy atom. The predicted octanol–water partition coefficient (Wildman–Crippen LogP) is 2.70. The zero-order valence-electron chi connectivity index (χ0n) is 16.7. The molecule has 2 unspecified atom stereocenters. The van der Waals surface area contributed by atoms with Gasteiger partial charge in [0.25, 0.3) is 0 Å². The summed E-state index contributed by atoms with van der Waals surface area (Å²) in [6, 6.07) is 1.47. The van der Waals surface area contributed by atoms with Crippen LogP contribution in [0.3, 0.4) is 0 Å². The maximum Gasteiger partial charge on any atom is 0.220 e. The highest BCUT2D eigenvalue weighted by Gasteiger charge is 2.38. The number of fused-ring (bicyclic) bond motifs is 2. The van der Waals surface area contributed by atoms with Crippen molar-refractivity contribution in [3.63, 3.8) is 0 Å². The Kier molecular flexibility index (Phi) is 6.89. The second kappa shape index (κ2) is 8.52. The summed E-state index contributed by atoms with van der Waals surface area (Å²) in [4.78, 5) is 26.6. The first-order chi connectivity index (χ1) is 11.6. The van der Waals surface area contributed by atoms with Gasteiger partial charge in [0, 0.05) is 37.5 Å². The molecule has 2 bridgehead atoms. The van der Waals surface area contributed by atoms with Gasteiger partial charge >= 0.3 is 0 Å². The topological polar surface area (TPSA) is 61.4 Å². The molecule has 0 aromatic heterocycles. The maximum absolute atomic E-state index is 12.2. The van der Waals surface area contributed by atoms with E-state index < -0.39 is 0 Å². The van der Waals surface area contributed by atoms with Crippen molar-refractivity contribution in [1.29, 1.82) is 0 Å². The van der Waals surface area contributed by atoms with Crippen molar-refractivity contribution in [3.05, 3.63) is 0 Å². The lowest BCUT2D eigenvalue weighted by Gasteiger charge is -2.36. The summed E-state index contributed by atoms with van der Waals surface area (Å²) in [7, 11) is 2.23. The van der Waals surface area contributed by atoms with E-state index in [1.165, 1.54) is 25.7 Å². The van der Waals surface area contributed by atoms with Gasteiger partial charge in [-0.2, -0.15) is 0 Å². The number of rotatable bonds is 7. The van der Waals surface area contributed by atoms with Gasteiger partial charge in [0.15, 0.2) is 0 Å². The quantitative estimate of drug-likeness (QED) is 0.741. The third-order valence-corrected chi connectivity index (χ3v) is 5.67. The van der Waals surface area contributed by atoms with Crippen molar-refractivity contribution in [2.24, 2.45) is 11.3 Å². The molecule has 0 aromatic carbocycles. The smallest absolute Gasteiger partial charge is 0.220 e. The minimum absolute atomic E-state index is 0.00546. The molecule has 3 atom stereocenters. The molecular formula is C20H37N3O2. The highest BCUT2D eigenvalue weighted by molar-refractivity contribution is 5.77. The van der Waals surface area contributed by atoms with Gasteiger partial charge < -0.3 is 15.5 Å². The molecule has 2 rings (SSSR count). The van der Waals surface area contributed by atoms with Crippen LogP contribution in [0, 0.1) is 11.3 Å². The molecule has 2 aliphatic rings. The van der Waals surface area contributed by atoms with Crippen LogP contribution in [0.15, 0.2) is 0 Å². The predicted molar refractivity (Wildman–Crippen MR) is 101 cm³/mol. The van der Waals surface area contributed by atoms with E-state index in [1.54, 1.807) is 0 Å². The summed E-state index contributed by atoms with van der Waals surface area (Å²) >= 11 is 0. The van der Waals surface area contributed by atoms with E-state index >= 15 is 0 Å². The van der Waals surface area contributed by atoms with Gasteiger partial charge in [0.1, 0.15) is 0 Å². The van der Waals surface area contributed by atoms with E-state index in [0.717, 1.165) is 6.42 Å². The van der Waals surface area contributed by atoms with Gasteiger partial charge in [-0.1, -0.05) is 20.8 Å². The van der Waals surface area contributed by atoms with Crippen molar-refractivity contribution < 1.29 is 9.59 Å². The monoisotopic (exact) mass is 351 g/mol. The molecule has 0 radical (unpaired) electrons. The van der Waals surface area contributed by atoms with Crippen LogP contribution in [0.25, 0.3) is 0 Å². The van der Waals surface area contributed by atoms with E-state index in [2.05, 4.69) is 43.4 Å². The average Bonchev–Trinajstić information content (AvgIpc) is 2.68. The summed E-state index contributed by atoms with van der Waals surface area (Å²) in [6.45, 7) is 8.82. The van der Waals surface area contributed by atoms with Crippen molar-refractivity contribution in [2.45, 2.75) is 90.8 Å². The number of hydrogen-bond donors (Lipinski definition) is 2. The molecule has 2 saturated heterocycles. The van der Waals surface area contributed by atoms with E-state index in [0.29, 0.717) is 37.4 Å². The standard InChI is InChI=1S/C20H37N3O2/c1-14(22-19(25)13-20(2,3)4)8-9-21-18(24)12-15-10-16-6-7-17(11-15)23(16)5/h14-17H,6-13H2,1-5H3,(H,21,24)(H,22,25)/t14-,15?,16?,17?/m0/s1. The largest absolute Gasteiger partial charge is 0.356 e. The lowest BCUT2D eigenvalue weighted by molar-refractivity contribution is -0.123. The molecular weight excluding hydrogens is 314 g/mol. The molecule has 0 saturated carbocycles. The first-order valence-electron chi connectivity index (χ1n) is 9.92. The Morgan fingerprint density at radius 2 is 1.72 bits per heavy atom. The fraction of sp³-hybridized carbons (Fsp3) is 0.900. The Balaban J connectivity index is 1.60. The van der Waals surface area contributed by atoms with Gasteiger partial charge in [-0.05, 0) is 57.4 Å². The number of amides is 2. The second-order valence-corrected chi connectivity index (χ2v) is 9.44. The summed E-state index contributed by atoms with van der Waals surface area (Å²) in [6.07, 6.45) is 6.89. The fourth-order valence-corrected chi connectivity index (χ4v) is 4.33. The molecule has 5 nitrogen and oxygen atoms in total. The van der Waals surface area contributed by atoms with Crippen LogP contribution in [0.2, 0.25) is 0 Å². The van der Waals surface area contributed by atoms with E-state index in [-0.39, 0.29) is 23.3 Å². The molecule has 2 N–H and O–H groups in total. The lowest BCUT2D eigenvalue weighted by Crippen LogP contribution is -2.41. The number of carbonyl (C=O) groups excluding carboxylic acids is 2. The third-order valence-electron chi connectivity index (χ3n) is 5.67. The highest BCUT2D eigenvalue weighted by Crippen LogP contribution is 2.38. The number of nitrogens with zero attached hydrogens (tertiary/aromatic N) is 1. The number of nitrogens with one attached hydrogen (secondary N) is 2. The summed E-state index contributed by atoms with van der Waals surface area (Å²) in [5, 5.41) is 6.06. The lowest BCUT2D eigenvalue weighted by atomic mass is 9.88. The normalized spacial score (nSPS) is 27.8. The Bertz CT molecular complexity index is 458. The van der Waals surface area contributed by atoms with Crippen LogP contribution in [-0.4, -0.2) is 48.4 Å². The fourth-order valence-electron chi connectivity index (χ4n) is 4.33. The van der Waals surface area contributed by atoms with Crippen molar-refractivity contribution in [2.75, 3.05) is 13.6 Å². The van der Waals surface area contributed by atoms with Crippen LogP contribution in [0.1, 0.15) is 72.6 Å². The first-order valence-corrected chi connectivity index (χ1v) is 9.92. The molecule has 2 heterocycles. The summed E-state index contributed by atoms with van der Waals surface area (Å²) < 4.78 is 0. The molecule has 0 spiro atoms. The molecule has 2 aliphatic heterocycles. The van der Waals surface area contributed by atoms with Crippen LogP contribution in [0.4, 0.5) is 0 Å². The number of carbonyl (C=O) groups is 2. The molecule has 2 amide bonds. The van der Waals surface area contributed by atoms with Crippen molar-refractivity contribution >= 4 is 11.8 Å². The number of piperidine rings is 1. The van der Waals surface area contributed by atoms with E-state index in [9.17, 15) is 9.59 Å². The summed E-state index contributed by atoms with van der Waals surface area (Å²) in [5.41, 5.74) is 0.00546. The minimum atomic E-state index is 0.00546. The molecule has 2 fully saturated rings. The molecule has 5 heteroatoms. The minimum Gasteiger partial charge on any atom is -0.356 e. The van der Waals surface area contributed by atoms with Gasteiger partial charge in [0.05, 0.1) is 0 Å². The van der Waals surface area contributed by atoms with Crippen molar-refractivity contribution in [1.82, 2.24) is 15.5 Å². The molecule has 144 valence electrons. The van der Waals surface area contributed by atoms with E-state index in [1.807, 2.05) is 6.92 Å². The van der Waals surface area contributed by atoms with E-state index in [4.69, 9.17) is 0 Å². The maximum atomic E-state index is 12.2. The highest BCUT2D eigenvalue weighted by atomic mass is 16.2. The Hall–Kier alpha value is -1.10. The second-order valence-electron chi connectivity index (χ2n) is 9.44. The van der Waals surface area contributed by atoms with Crippen LogP contribution in [0.5, 0.6) is 0 Å². The molecule has 25 heavy (non-hydrogen) atoms. The number of hydrogen-bond acceptors (Lipinski definition) is 3. The Labute approximate surface area is 153 Å². The van der Waals surface area contributed by atoms with Gasteiger partial charge in [-0.3, -0.25) is 9.59 Å². The van der Waals surface area contributed by atoms with Gasteiger partial charge in [-0.25, -0.2) is 0 Å². The van der Waals surface area contributed by atoms with Crippen LogP contribution < -0.4 is 10.6 Å². The van der Waals surface area contributed by atoms with Gasteiger partial charge in [-0.15, -0.1) is 0 Å². The third kappa shape index (κ3) is 6.61. The zero-order valence-corrected chi connectivity index (χ0v) is 16.7. The first kappa shape index (κ1) is 20.2. The summed E-state index contributed by atoms with van der Waals surface area (Å²) in [5.74, 6) is 0.799. The van der Waals surface area contributed by atoms with Crippen LogP contribution >= 0.6 is 0 Å². The van der Waals surface area contributed by atoms with Crippen LogP contribution in [-0.2, 0) is 9.59 Å². The zero-order chi connectivity index (χ0) is 18.6. The SMILES string of the molecule is C[C@@H](CCNC(=O)CC1CC2CCC(C1)N2C)NC(=O)CC(C)(C)C. The molecule has 0 aromatic rings. The molecule has 0 aliphatic carbocycles. The van der Waals surface area contributed by atoms with Crippen molar-refractivity contribution in [3.8, 4) is 0 Å².